The van der Waals surface area contributed by atoms with Gasteiger partial charge in [0.25, 0.3) is 0 Å². The summed E-state index contributed by atoms with van der Waals surface area (Å²) in [5.74, 6) is 3.12. The van der Waals surface area contributed by atoms with E-state index in [1.54, 1.807) is 0 Å². The average molecular weight is 680 g/mol. The second kappa shape index (κ2) is 12.0. The maximum absolute atomic E-state index is 6.63. The number of aromatic nitrogens is 3. The Morgan fingerprint density at radius 2 is 1.21 bits per heavy atom. The Kier molecular flexibility index (Phi) is 6.78. The molecule has 7 aromatic carbocycles. The first-order valence-electron chi connectivity index (χ1n) is 18.4. The summed E-state index contributed by atoms with van der Waals surface area (Å²) >= 11 is 0. The van der Waals surface area contributed by atoms with Crippen molar-refractivity contribution < 1.29 is 4.74 Å². The van der Waals surface area contributed by atoms with Crippen molar-refractivity contribution in [3.8, 4) is 39.9 Å². The van der Waals surface area contributed by atoms with E-state index in [0.717, 1.165) is 39.8 Å². The van der Waals surface area contributed by atoms with Gasteiger partial charge in [-0.2, -0.15) is 0 Å². The molecule has 8 aromatic rings. The van der Waals surface area contributed by atoms with Crippen molar-refractivity contribution in [2.75, 3.05) is 0 Å². The van der Waals surface area contributed by atoms with Gasteiger partial charge in [-0.1, -0.05) is 152 Å². The molecule has 0 bridgehead atoms. The zero-order valence-corrected chi connectivity index (χ0v) is 28.9. The minimum absolute atomic E-state index is 0.0328. The number of hydrogen-bond donors (Lipinski definition) is 0. The summed E-state index contributed by atoms with van der Waals surface area (Å²) < 4.78 is 6.63. The number of benzene rings is 7. The average Bonchev–Trinajstić information content (AvgIpc) is 3.62. The number of fused-ring (bicyclic) bond motifs is 10. The highest BCUT2D eigenvalue weighted by Gasteiger charge is 2.37. The number of allylic oxidation sites excluding steroid dienone is 2. The Morgan fingerprint density at radius 1 is 0.528 bits per heavy atom. The molecule has 2 aliphatic carbocycles. The zero-order valence-electron chi connectivity index (χ0n) is 28.9. The van der Waals surface area contributed by atoms with E-state index in [1.807, 2.05) is 18.2 Å². The second-order valence-corrected chi connectivity index (χ2v) is 14.2. The van der Waals surface area contributed by atoms with Gasteiger partial charge in [-0.3, -0.25) is 0 Å². The van der Waals surface area contributed by atoms with Crippen molar-refractivity contribution >= 4 is 44.5 Å². The normalized spacial score (nSPS) is 18.4. The first-order valence-corrected chi connectivity index (χ1v) is 18.4. The highest BCUT2D eigenvalue weighted by molar-refractivity contribution is 6.08. The quantitative estimate of drug-likeness (QED) is 0.174. The zero-order chi connectivity index (χ0) is 34.9. The van der Waals surface area contributed by atoms with E-state index in [1.165, 1.54) is 42.9 Å². The predicted octanol–water partition coefficient (Wildman–Crippen LogP) is 9.95. The maximum atomic E-state index is 6.63. The van der Waals surface area contributed by atoms with Crippen molar-refractivity contribution in [1.82, 2.24) is 15.0 Å². The van der Waals surface area contributed by atoms with Crippen molar-refractivity contribution in [1.29, 1.82) is 0 Å². The second-order valence-electron chi connectivity index (χ2n) is 14.2. The molecular weight excluding hydrogens is 647 g/mol. The fourth-order valence-corrected chi connectivity index (χ4v) is 8.63. The molecule has 53 heavy (non-hydrogen) atoms. The summed E-state index contributed by atoms with van der Waals surface area (Å²) in [4.78, 5) is 15.3. The van der Waals surface area contributed by atoms with Crippen LogP contribution in [0.15, 0.2) is 163 Å². The minimum Gasteiger partial charge on any atom is -0.485 e. The molecule has 3 atom stereocenters. The number of rotatable bonds is 4. The van der Waals surface area contributed by atoms with Gasteiger partial charge in [-0.25, -0.2) is 15.0 Å². The van der Waals surface area contributed by atoms with E-state index in [0.29, 0.717) is 17.5 Å². The lowest BCUT2D eigenvalue weighted by Gasteiger charge is -2.24. The standard InChI is InChI=1S/C49H33N3O/c1-2-12-31(13-3-1)47-50-48(35-22-21-30-11-4-5-14-32(30)27-35)52-49(51-47)41-19-10-20-45-46(41)43-29-34(24-26-44(43)53-45)33-23-25-40-38-17-7-6-15-36(38)37-16-8-9-18-39(37)42(40)28-33/h1-22,24-29,33,43-44H,23H2. The predicted molar refractivity (Wildman–Crippen MR) is 216 cm³/mol. The monoisotopic (exact) mass is 679 g/mol. The molecule has 3 aliphatic rings. The van der Waals surface area contributed by atoms with Crippen molar-refractivity contribution in [2.45, 2.75) is 18.4 Å². The van der Waals surface area contributed by atoms with Crippen LogP contribution in [0.1, 0.15) is 17.9 Å². The van der Waals surface area contributed by atoms with Gasteiger partial charge in [0, 0.05) is 34.1 Å². The molecule has 250 valence electrons. The van der Waals surface area contributed by atoms with Gasteiger partial charge in [0.2, 0.25) is 0 Å². The summed E-state index contributed by atoms with van der Waals surface area (Å²) in [5, 5.41) is 10.3. The maximum Gasteiger partial charge on any atom is 0.164 e. The van der Waals surface area contributed by atoms with E-state index < -0.39 is 0 Å². The van der Waals surface area contributed by atoms with Crippen LogP contribution in [0.5, 0.6) is 5.75 Å². The van der Waals surface area contributed by atoms with Crippen molar-refractivity contribution in [2.24, 2.45) is 5.92 Å². The molecule has 0 amide bonds. The number of nitrogens with zero attached hydrogens (tertiary/aromatic N) is 3. The third kappa shape index (κ3) is 4.94. The van der Waals surface area contributed by atoms with Crippen LogP contribution in [-0.2, 0) is 0 Å². The Bertz CT molecular complexity index is 2980. The molecular formula is C49H33N3O. The first kappa shape index (κ1) is 30.0. The molecule has 1 aromatic heterocycles. The minimum atomic E-state index is -0.0880. The Labute approximate surface area is 306 Å². The number of ether oxygens (including phenoxy) is 1. The molecule has 1 aliphatic heterocycles. The smallest absolute Gasteiger partial charge is 0.164 e. The van der Waals surface area contributed by atoms with E-state index in [4.69, 9.17) is 19.7 Å². The van der Waals surface area contributed by atoms with Gasteiger partial charge in [0.1, 0.15) is 11.9 Å². The molecule has 0 saturated heterocycles. The Morgan fingerprint density at radius 3 is 2.02 bits per heavy atom. The molecule has 11 rings (SSSR count). The molecule has 3 unspecified atom stereocenters. The van der Waals surface area contributed by atoms with Crippen LogP contribution in [0.25, 0.3) is 78.6 Å². The van der Waals surface area contributed by atoms with E-state index in [9.17, 15) is 0 Å². The fourth-order valence-electron chi connectivity index (χ4n) is 8.63. The third-order valence-electron chi connectivity index (χ3n) is 11.2. The molecule has 0 radical (unpaired) electrons. The lowest BCUT2D eigenvalue weighted by atomic mass is 9.80. The molecule has 4 heteroatoms. The van der Waals surface area contributed by atoms with Crippen LogP contribution in [0.4, 0.5) is 0 Å². The molecule has 0 spiro atoms. The molecule has 0 fully saturated rings. The topological polar surface area (TPSA) is 47.9 Å². The van der Waals surface area contributed by atoms with Gasteiger partial charge in [0.05, 0.1) is 0 Å². The lowest BCUT2D eigenvalue weighted by molar-refractivity contribution is 0.268. The third-order valence-corrected chi connectivity index (χ3v) is 11.2. The van der Waals surface area contributed by atoms with Crippen LogP contribution >= 0.6 is 0 Å². The van der Waals surface area contributed by atoms with Crippen LogP contribution in [0.2, 0.25) is 0 Å². The summed E-state index contributed by atoms with van der Waals surface area (Å²) in [6.07, 6.45) is 12.8. The van der Waals surface area contributed by atoms with Gasteiger partial charge >= 0.3 is 0 Å². The molecule has 4 nitrogen and oxygen atoms in total. The van der Waals surface area contributed by atoms with Gasteiger partial charge in [0.15, 0.2) is 17.5 Å². The van der Waals surface area contributed by atoms with Gasteiger partial charge < -0.3 is 4.74 Å². The number of hydrogen-bond acceptors (Lipinski definition) is 4. The van der Waals surface area contributed by atoms with Gasteiger partial charge in [-0.05, 0) is 73.0 Å². The summed E-state index contributed by atoms with van der Waals surface area (Å²) in [6.45, 7) is 0. The van der Waals surface area contributed by atoms with Crippen molar-refractivity contribution in [3.05, 3.63) is 179 Å². The SMILES string of the molecule is C1=CC2Oc3cccc(-c4nc(-c5ccccc5)nc(-c5ccc6ccccc6c5)n4)c3C2C=C1C1C=c2c(c3ccccc3c3ccccc23)=CC1. The van der Waals surface area contributed by atoms with Crippen molar-refractivity contribution in [3.63, 3.8) is 0 Å². The van der Waals surface area contributed by atoms with Crippen LogP contribution in [-0.4, -0.2) is 21.1 Å². The van der Waals surface area contributed by atoms with Crippen LogP contribution in [0.3, 0.4) is 0 Å². The summed E-state index contributed by atoms with van der Waals surface area (Å²) in [7, 11) is 0. The van der Waals surface area contributed by atoms with Crippen LogP contribution in [0, 0.1) is 5.92 Å². The lowest BCUT2D eigenvalue weighted by Crippen LogP contribution is -2.31. The Balaban J connectivity index is 1.04. The molecule has 2 heterocycles. The summed E-state index contributed by atoms with van der Waals surface area (Å²) in [5.41, 5.74) is 5.33. The first-order chi connectivity index (χ1) is 26.2. The molecule has 0 saturated carbocycles. The fraction of sp³-hybridized carbons (Fsp3) is 0.0816. The van der Waals surface area contributed by atoms with Crippen LogP contribution < -0.4 is 15.2 Å². The van der Waals surface area contributed by atoms with E-state index >= 15 is 0 Å². The highest BCUT2D eigenvalue weighted by Crippen LogP contribution is 2.47. The molecule has 0 N–H and O–H groups in total. The van der Waals surface area contributed by atoms with E-state index in [-0.39, 0.29) is 17.9 Å². The van der Waals surface area contributed by atoms with Gasteiger partial charge in [-0.15, -0.1) is 0 Å². The highest BCUT2D eigenvalue weighted by atomic mass is 16.5. The Hall–Kier alpha value is -6.65. The largest absolute Gasteiger partial charge is 0.485 e. The van der Waals surface area contributed by atoms with E-state index in [2.05, 4.69) is 152 Å². The summed E-state index contributed by atoms with van der Waals surface area (Å²) in [6, 6.07) is 48.9.